The van der Waals surface area contributed by atoms with Crippen molar-refractivity contribution in [2.75, 3.05) is 6.61 Å². The Morgan fingerprint density at radius 3 is 2.72 bits per heavy atom. The minimum absolute atomic E-state index is 0.0107. The van der Waals surface area contributed by atoms with Gasteiger partial charge in [0.15, 0.2) is 0 Å². The third-order valence-electron chi connectivity index (χ3n) is 4.05. The molecular weight excluding hydrogens is 222 g/mol. The molecule has 2 nitrogen and oxygen atoms in total. The monoisotopic (exact) mass is 243 g/mol. The molecule has 1 aromatic carbocycles. The van der Waals surface area contributed by atoms with Crippen molar-refractivity contribution in [1.29, 1.82) is 5.26 Å². The first-order valence-corrected chi connectivity index (χ1v) is 6.72. The van der Waals surface area contributed by atoms with Crippen molar-refractivity contribution in [2.24, 2.45) is 5.92 Å². The maximum atomic E-state index is 9.18. The lowest BCUT2D eigenvalue weighted by Crippen LogP contribution is -2.40. The molecule has 0 spiro atoms. The normalized spacial score (nSPS) is 28.0. The van der Waals surface area contributed by atoms with Gasteiger partial charge in [0.2, 0.25) is 0 Å². The van der Waals surface area contributed by atoms with Crippen LogP contribution in [0.4, 0.5) is 0 Å². The lowest BCUT2D eigenvalue weighted by Gasteiger charge is -2.41. The van der Waals surface area contributed by atoms with Gasteiger partial charge in [0.05, 0.1) is 12.2 Å². The topological polar surface area (TPSA) is 33.0 Å². The van der Waals surface area contributed by atoms with E-state index in [-0.39, 0.29) is 11.5 Å². The van der Waals surface area contributed by atoms with E-state index in [0.29, 0.717) is 12.3 Å². The van der Waals surface area contributed by atoms with Crippen LogP contribution in [-0.2, 0) is 10.2 Å². The molecule has 0 N–H and O–H groups in total. The van der Waals surface area contributed by atoms with Gasteiger partial charge in [-0.15, -0.1) is 0 Å². The van der Waals surface area contributed by atoms with Crippen LogP contribution in [0, 0.1) is 17.2 Å². The minimum atomic E-state index is -0.0107. The van der Waals surface area contributed by atoms with Crippen molar-refractivity contribution in [2.45, 2.75) is 44.6 Å². The summed E-state index contributed by atoms with van der Waals surface area (Å²) in [4.78, 5) is 0. The second-order valence-electron chi connectivity index (χ2n) is 5.59. The molecule has 2 unspecified atom stereocenters. The van der Waals surface area contributed by atoms with Gasteiger partial charge in [-0.1, -0.05) is 44.2 Å². The van der Waals surface area contributed by atoms with Crippen LogP contribution in [0.15, 0.2) is 30.3 Å². The summed E-state index contributed by atoms with van der Waals surface area (Å²) in [5, 5.41) is 9.18. The molecule has 2 atom stereocenters. The Bertz CT molecular complexity index is 420. The second kappa shape index (κ2) is 5.54. The number of rotatable bonds is 3. The van der Waals surface area contributed by atoms with Gasteiger partial charge in [-0.3, -0.25) is 0 Å². The standard InChI is InChI=1S/C16H21NO/c1-13(2)15-12-16(8-10-17,9-11-18-15)14-6-4-3-5-7-14/h3-7,13,15H,8-9,11-12H2,1-2H3. The van der Waals surface area contributed by atoms with E-state index in [9.17, 15) is 5.26 Å². The van der Waals surface area contributed by atoms with E-state index in [2.05, 4.69) is 44.2 Å². The first kappa shape index (κ1) is 13.1. The zero-order chi connectivity index (χ0) is 13.0. The molecule has 0 aromatic heterocycles. The molecule has 0 aliphatic carbocycles. The van der Waals surface area contributed by atoms with Crippen LogP contribution in [0.3, 0.4) is 0 Å². The highest BCUT2D eigenvalue weighted by Crippen LogP contribution is 2.41. The molecule has 1 aliphatic rings. The molecule has 0 amide bonds. The molecule has 2 rings (SSSR count). The van der Waals surface area contributed by atoms with E-state index >= 15 is 0 Å². The highest BCUT2D eigenvalue weighted by Gasteiger charge is 2.39. The highest BCUT2D eigenvalue weighted by atomic mass is 16.5. The van der Waals surface area contributed by atoms with E-state index < -0.39 is 0 Å². The zero-order valence-electron chi connectivity index (χ0n) is 11.2. The summed E-state index contributed by atoms with van der Waals surface area (Å²) in [7, 11) is 0. The zero-order valence-corrected chi connectivity index (χ0v) is 11.2. The maximum Gasteiger partial charge on any atom is 0.0631 e. The van der Waals surface area contributed by atoms with Gasteiger partial charge < -0.3 is 4.74 Å². The molecule has 0 radical (unpaired) electrons. The first-order chi connectivity index (χ1) is 8.68. The van der Waals surface area contributed by atoms with E-state index in [4.69, 9.17) is 4.74 Å². The van der Waals surface area contributed by atoms with E-state index in [0.717, 1.165) is 19.4 Å². The van der Waals surface area contributed by atoms with Crippen LogP contribution in [0.2, 0.25) is 0 Å². The molecule has 0 bridgehead atoms. The number of hydrogen-bond donors (Lipinski definition) is 0. The van der Waals surface area contributed by atoms with Crippen LogP contribution in [0.1, 0.15) is 38.7 Å². The average Bonchev–Trinajstić information content (AvgIpc) is 2.40. The molecule has 2 heteroatoms. The van der Waals surface area contributed by atoms with Gasteiger partial charge in [-0.25, -0.2) is 0 Å². The van der Waals surface area contributed by atoms with Crippen molar-refractivity contribution in [3.05, 3.63) is 35.9 Å². The maximum absolute atomic E-state index is 9.18. The van der Waals surface area contributed by atoms with E-state index in [1.165, 1.54) is 5.56 Å². The van der Waals surface area contributed by atoms with Crippen molar-refractivity contribution in [3.63, 3.8) is 0 Å². The van der Waals surface area contributed by atoms with Gasteiger partial charge >= 0.3 is 0 Å². The number of ether oxygens (including phenoxy) is 1. The van der Waals surface area contributed by atoms with Crippen LogP contribution < -0.4 is 0 Å². The SMILES string of the molecule is CC(C)C1CC(CC#N)(c2ccccc2)CCO1. The fourth-order valence-electron chi connectivity index (χ4n) is 2.85. The molecule has 1 heterocycles. The Hall–Kier alpha value is -1.33. The van der Waals surface area contributed by atoms with Crippen LogP contribution in [0.5, 0.6) is 0 Å². The Balaban J connectivity index is 2.30. The Labute approximate surface area is 110 Å². The number of benzene rings is 1. The lowest BCUT2D eigenvalue weighted by atomic mass is 9.69. The Kier molecular flexibility index (Phi) is 4.04. The predicted molar refractivity (Wildman–Crippen MR) is 72.2 cm³/mol. The van der Waals surface area contributed by atoms with Gasteiger partial charge in [0, 0.05) is 18.4 Å². The largest absolute Gasteiger partial charge is 0.378 e. The fraction of sp³-hybridized carbons (Fsp3) is 0.562. The summed E-state index contributed by atoms with van der Waals surface area (Å²) in [5.74, 6) is 0.507. The van der Waals surface area contributed by atoms with Crippen LogP contribution in [0.25, 0.3) is 0 Å². The van der Waals surface area contributed by atoms with Crippen molar-refractivity contribution < 1.29 is 4.74 Å². The summed E-state index contributed by atoms with van der Waals surface area (Å²) >= 11 is 0. The van der Waals surface area contributed by atoms with E-state index in [1.807, 2.05) is 6.07 Å². The van der Waals surface area contributed by atoms with E-state index in [1.54, 1.807) is 0 Å². The smallest absolute Gasteiger partial charge is 0.0631 e. The van der Waals surface area contributed by atoms with Gasteiger partial charge in [0.25, 0.3) is 0 Å². The summed E-state index contributed by atoms with van der Waals surface area (Å²) in [6.07, 6.45) is 2.77. The third-order valence-corrected chi connectivity index (χ3v) is 4.05. The number of hydrogen-bond acceptors (Lipinski definition) is 2. The molecule has 96 valence electrons. The summed E-state index contributed by atoms with van der Waals surface area (Å²) in [6, 6.07) is 12.8. The van der Waals surface area contributed by atoms with Crippen molar-refractivity contribution in [3.8, 4) is 6.07 Å². The number of nitriles is 1. The van der Waals surface area contributed by atoms with Crippen molar-refractivity contribution in [1.82, 2.24) is 0 Å². The van der Waals surface area contributed by atoms with Crippen LogP contribution in [-0.4, -0.2) is 12.7 Å². The average molecular weight is 243 g/mol. The molecule has 1 aliphatic heterocycles. The highest BCUT2D eigenvalue weighted by molar-refractivity contribution is 5.27. The molecule has 1 saturated heterocycles. The summed E-state index contributed by atoms with van der Waals surface area (Å²) in [6.45, 7) is 5.15. The predicted octanol–water partition coefficient (Wildman–Crippen LogP) is 3.67. The van der Waals surface area contributed by atoms with Gasteiger partial charge in [0.1, 0.15) is 0 Å². The van der Waals surface area contributed by atoms with Gasteiger partial charge in [-0.2, -0.15) is 5.26 Å². The first-order valence-electron chi connectivity index (χ1n) is 6.72. The minimum Gasteiger partial charge on any atom is -0.378 e. The fourth-order valence-corrected chi connectivity index (χ4v) is 2.85. The van der Waals surface area contributed by atoms with Crippen LogP contribution >= 0.6 is 0 Å². The molecule has 1 fully saturated rings. The lowest BCUT2D eigenvalue weighted by molar-refractivity contribution is -0.0441. The summed E-state index contributed by atoms with van der Waals surface area (Å²) < 4.78 is 5.85. The summed E-state index contributed by atoms with van der Waals surface area (Å²) in [5.41, 5.74) is 1.28. The second-order valence-corrected chi connectivity index (χ2v) is 5.59. The Morgan fingerprint density at radius 2 is 2.11 bits per heavy atom. The Morgan fingerprint density at radius 1 is 1.39 bits per heavy atom. The quantitative estimate of drug-likeness (QED) is 0.811. The molecule has 1 aromatic rings. The molecule has 0 saturated carbocycles. The number of nitrogens with zero attached hydrogens (tertiary/aromatic N) is 1. The molecule has 18 heavy (non-hydrogen) atoms. The third kappa shape index (κ3) is 2.57. The van der Waals surface area contributed by atoms with Gasteiger partial charge in [-0.05, 0) is 24.3 Å². The molecular formula is C16H21NO. The van der Waals surface area contributed by atoms with Crippen molar-refractivity contribution >= 4 is 0 Å².